The van der Waals surface area contributed by atoms with Gasteiger partial charge in [-0.2, -0.15) is 0 Å². The Morgan fingerprint density at radius 3 is 2.52 bits per heavy atom. The van der Waals surface area contributed by atoms with Gasteiger partial charge in [-0.3, -0.25) is 4.79 Å². The molecule has 2 saturated heterocycles. The Labute approximate surface area is 147 Å². The van der Waals surface area contributed by atoms with E-state index in [4.69, 9.17) is 4.42 Å². The highest BCUT2D eigenvalue weighted by molar-refractivity contribution is 6.14. The summed E-state index contributed by atoms with van der Waals surface area (Å²) in [6, 6.07) is 15.2. The standard InChI is InChI=1S/C22H23NO2/c1-23-15-6-4-7-16(23)13-14(12-15)21(24)19-10-5-9-18-17-8-2-3-11-20(17)25-22(18)19/h2-3,5,8-11,14-16H,4,6-7,12-13H2,1H3. The lowest BCUT2D eigenvalue weighted by molar-refractivity contribution is 0.0339. The van der Waals surface area contributed by atoms with Gasteiger partial charge >= 0.3 is 0 Å². The van der Waals surface area contributed by atoms with Gasteiger partial charge in [0, 0.05) is 28.8 Å². The molecule has 0 aliphatic carbocycles. The van der Waals surface area contributed by atoms with E-state index in [2.05, 4.69) is 24.1 Å². The number of Topliss-reactive ketones (excluding diaryl/α,β-unsaturated/α-hetero) is 1. The van der Waals surface area contributed by atoms with E-state index in [1.807, 2.05) is 30.3 Å². The number of hydrogen-bond acceptors (Lipinski definition) is 3. The van der Waals surface area contributed by atoms with Crippen molar-refractivity contribution < 1.29 is 9.21 Å². The molecular weight excluding hydrogens is 310 g/mol. The number of rotatable bonds is 2. The number of para-hydroxylation sites is 2. The van der Waals surface area contributed by atoms with Crippen molar-refractivity contribution in [1.29, 1.82) is 0 Å². The number of benzene rings is 2. The number of furan rings is 1. The molecule has 0 spiro atoms. The van der Waals surface area contributed by atoms with Gasteiger partial charge in [0.05, 0.1) is 5.56 Å². The van der Waals surface area contributed by atoms with E-state index >= 15 is 0 Å². The Kier molecular flexibility index (Phi) is 3.46. The van der Waals surface area contributed by atoms with E-state index in [0.717, 1.165) is 40.3 Å². The average Bonchev–Trinajstić information content (AvgIpc) is 2.99. The first-order valence-electron chi connectivity index (χ1n) is 9.39. The quantitative estimate of drug-likeness (QED) is 0.617. The molecule has 0 amide bonds. The molecule has 3 nitrogen and oxygen atoms in total. The number of fused-ring (bicyclic) bond motifs is 5. The molecule has 0 N–H and O–H groups in total. The van der Waals surface area contributed by atoms with E-state index in [0.29, 0.717) is 12.1 Å². The largest absolute Gasteiger partial charge is 0.455 e. The van der Waals surface area contributed by atoms with Crippen LogP contribution in [-0.2, 0) is 0 Å². The summed E-state index contributed by atoms with van der Waals surface area (Å²) in [4.78, 5) is 15.9. The minimum Gasteiger partial charge on any atom is -0.455 e. The maximum atomic E-state index is 13.3. The Balaban J connectivity index is 1.56. The third-order valence-corrected chi connectivity index (χ3v) is 6.38. The zero-order valence-corrected chi connectivity index (χ0v) is 14.6. The van der Waals surface area contributed by atoms with E-state index in [9.17, 15) is 4.79 Å². The summed E-state index contributed by atoms with van der Waals surface area (Å²) in [6.07, 6.45) is 5.74. The minimum atomic E-state index is 0.130. The molecule has 2 bridgehead atoms. The lowest BCUT2D eigenvalue weighted by Crippen LogP contribution is -2.51. The number of carbonyl (C=O) groups excluding carboxylic acids is 1. The molecular formula is C22H23NO2. The van der Waals surface area contributed by atoms with Crippen LogP contribution < -0.4 is 0 Å². The van der Waals surface area contributed by atoms with Crippen LogP contribution in [0.5, 0.6) is 0 Å². The summed E-state index contributed by atoms with van der Waals surface area (Å²) >= 11 is 0. The van der Waals surface area contributed by atoms with Crippen LogP contribution in [0.1, 0.15) is 42.5 Å². The van der Waals surface area contributed by atoms with Crippen molar-refractivity contribution in [1.82, 2.24) is 4.90 Å². The maximum Gasteiger partial charge on any atom is 0.169 e. The second kappa shape index (κ2) is 5.70. The fourth-order valence-corrected chi connectivity index (χ4v) is 4.99. The van der Waals surface area contributed by atoms with Crippen molar-refractivity contribution in [2.75, 3.05) is 7.05 Å². The smallest absolute Gasteiger partial charge is 0.169 e. The monoisotopic (exact) mass is 333 g/mol. The molecule has 3 heterocycles. The summed E-state index contributed by atoms with van der Waals surface area (Å²) in [5.74, 6) is 0.403. The van der Waals surface area contributed by atoms with Gasteiger partial charge in [0.25, 0.3) is 0 Å². The summed E-state index contributed by atoms with van der Waals surface area (Å²) in [6.45, 7) is 0. The van der Waals surface area contributed by atoms with Gasteiger partial charge in [-0.1, -0.05) is 36.8 Å². The first-order valence-corrected chi connectivity index (χ1v) is 9.39. The zero-order valence-electron chi connectivity index (χ0n) is 14.6. The van der Waals surface area contributed by atoms with Crippen LogP contribution in [0.2, 0.25) is 0 Å². The normalized spacial score (nSPS) is 27.0. The molecule has 3 heteroatoms. The molecule has 3 aromatic rings. The molecule has 128 valence electrons. The SMILES string of the molecule is CN1C2CCCC1CC(C(=O)c1cccc3c1oc1ccccc13)C2. The predicted molar refractivity (Wildman–Crippen MR) is 100.0 cm³/mol. The van der Waals surface area contributed by atoms with Crippen molar-refractivity contribution in [3.05, 3.63) is 48.0 Å². The zero-order chi connectivity index (χ0) is 17.0. The van der Waals surface area contributed by atoms with Crippen LogP contribution in [0.15, 0.2) is 46.9 Å². The van der Waals surface area contributed by atoms with Crippen LogP contribution in [0, 0.1) is 5.92 Å². The highest BCUT2D eigenvalue weighted by Gasteiger charge is 2.39. The van der Waals surface area contributed by atoms with Gasteiger partial charge in [-0.15, -0.1) is 0 Å². The van der Waals surface area contributed by atoms with Crippen LogP contribution in [0.4, 0.5) is 0 Å². The maximum absolute atomic E-state index is 13.3. The first-order chi connectivity index (χ1) is 12.2. The van der Waals surface area contributed by atoms with Crippen molar-refractivity contribution >= 4 is 27.7 Å². The minimum absolute atomic E-state index is 0.130. The predicted octanol–water partition coefficient (Wildman–Crippen LogP) is 5.03. The summed E-state index contributed by atoms with van der Waals surface area (Å²) in [5, 5.41) is 2.14. The van der Waals surface area contributed by atoms with Crippen molar-refractivity contribution in [3.63, 3.8) is 0 Å². The van der Waals surface area contributed by atoms with Crippen LogP contribution >= 0.6 is 0 Å². The summed E-state index contributed by atoms with van der Waals surface area (Å²) in [5.41, 5.74) is 2.39. The van der Waals surface area contributed by atoms with Crippen molar-refractivity contribution in [2.24, 2.45) is 5.92 Å². The topological polar surface area (TPSA) is 33.5 Å². The van der Waals surface area contributed by atoms with E-state index < -0.39 is 0 Å². The first kappa shape index (κ1) is 15.2. The molecule has 2 aliphatic heterocycles. The van der Waals surface area contributed by atoms with Crippen LogP contribution in [0.25, 0.3) is 21.9 Å². The number of ketones is 1. The number of hydrogen-bond donors (Lipinski definition) is 0. The lowest BCUT2D eigenvalue weighted by Gasteiger charge is -2.46. The van der Waals surface area contributed by atoms with Gasteiger partial charge in [-0.05, 0) is 44.9 Å². The molecule has 25 heavy (non-hydrogen) atoms. The van der Waals surface area contributed by atoms with Gasteiger partial charge in [0.15, 0.2) is 5.78 Å². The van der Waals surface area contributed by atoms with Gasteiger partial charge < -0.3 is 9.32 Å². The van der Waals surface area contributed by atoms with Crippen LogP contribution in [0.3, 0.4) is 0 Å². The molecule has 2 unspecified atom stereocenters. The Bertz CT molecular complexity index is 943. The number of nitrogens with zero attached hydrogens (tertiary/aromatic N) is 1. The van der Waals surface area contributed by atoms with Crippen LogP contribution in [-0.4, -0.2) is 29.8 Å². The average molecular weight is 333 g/mol. The van der Waals surface area contributed by atoms with Gasteiger partial charge in [0.2, 0.25) is 0 Å². The molecule has 5 rings (SSSR count). The van der Waals surface area contributed by atoms with Gasteiger partial charge in [0.1, 0.15) is 11.2 Å². The molecule has 2 aliphatic rings. The summed E-state index contributed by atoms with van der Waals surface area (Å²) in [7, 11) is 2.23. The second-order valence-electron chi connectivity index (χ2n) is 7.72. The van der Waals surface area contributed by atoms with Crippen molar-refractivity contribution in [3.8, 4) is 0 Å². The molecule has 0 saturated carbocycles. The van der Waals surface area contributed by atoms with Gasteiger partial charge in [-0.25, -0.2) is 0 Å². The summed E-state index contributed by atoms with van der Waals surface area (Å²) < 4.78 is 6.08. The number of piperidine rings is 2. The fraction of sp³-hybridized carbons (Fsp3) is 0.409. The molecule has 2 aromatic carbocycles. The molecule has 1 aromatic heterocycles. The molecule has 2 atom stereocenters. The molecule has 0 radical (unpaired) electrons. The third-order valence-electron chi connectivity index (χ3n) is 6.38. The second-order valence-corrected chi connectivity index (χ2v) is 7.72. The highest BCUT2D eigenvalue weighted by atomic mass is 16.3. The van der Waals surface area contributed by atoms with E-state index in [1.165, 1.54) is 19.3 Å². The Morgan fingerprint density at radius 2 is 1.72 bits per heavy atom. The number of carbonyl (C=O) groups is 1. The Morgan fingerprint density at radius 1 is 1.00 bits per heavy atom. The lowest BCUT2D eigenvalue weighted by atomic mass is 9.76. The highest BCUT2D eigenvalue weighted by Crippen LogP contribution is 2.39. The fourth-order valence-electron chi connectivity index (χ4n) is 4.99. The van der Waals surface area contributed by atoms with Crippen molar-refractivity contribution in [2.45, 2.75) is 44.2 Å². The van der Waals surface area contributed by atoms with E-state index in [1.54, 1.807) is 0 Å². The van der Waals surface area contributed by atoms with E-state index in [-0.39, 0.29) is 11.7 Å². The Hall–Kier alpha value is -2.13. The third kappa shape index (κ3) is 2.33. The molecule has 2 fully saturated rings.